The molecular weight excluding hydrogens is 288 g/mol. The molecule has 1 aliphatic heterocycles. The average Bonchev–Trinajstić information content (AvgIpc) is 2.47. The second kappa shape index (κ2) is 6.01. The van der Waals surface area contributed by atoms with Crippen LogP contribution >= 0.6 is 11.8 Å². The average molecular weight is 308 g/mol. The fourth-order valence-electron chi connectivity index (χ4n) is 2.27. The molecular formula is C19H20N2S. The highest BCUT2D eigenvalue weighted by molar-refractivity contribution is 8.22. The van der Waals surface area contributed by atoms with Crippen LogP contribution in [0.25, 0.3) is 4.91 Å². The lowest BCUT2D eigenvalue weighted by molar-refractivity contribution is 0.546. The Morgan fingerprint density at radius 1 is 0.955 bits per heavy atom. The number of nitrogens with zero attached hydrogens (tertiary/aromatic N) is 1. The summed E-state index contributed by atoms with van der Waals surface area (Å²) in [5.41, 5.74) is 3.42. The molecule has 2 nitrogen and oxygen atoms in total. The molecule has 1 heterocycles. The summed E-state index contributed by atoms with van der Waals surface area (Å²) in [5, 5.41) is 4.33. The molecule has 22 heavy (non-hydrogen) atoms. The van der Waals surface area contributed by atoms with Crippen LogP contribution in [0.1, 0.15) is 26.3 Å². The van der Waals surface area contributed by atoms with Crippen molar-refractivity contribution in [1.29, 1.82) is 0 Å². The summed E-state index contributed by atoms with van der Waals surface area (Å²) in [6.45, 7) is 6.66. The van der Waals surface area contributed by atoms with Gasteiger partial charge in [-0.15, -0.1) is 0 Å². The minimum Gasteiger partial charge on any atom is -0.334 e. The number of rotatable bonds is 1. The van der Waals surface area contributed by atoms with Crippen LogP contribution in [0.4, 0.5) is 11.4 Å². The van der Waals surface area contributed by atoms with Crippen LogP contribution < -0.4 is 5.32 Å². The predicted octanol–water partition coefficient (Wildman–Crippen LogP) is 5.92. The molecule has 112 valence electrons. The van der Waals surface area contributed by atoms with Gasteiger partial charge in [-0.1, -0.05) is 75.0 Å². The Morgan fingerprint density at radius 2 is 1.64 bits per heavy atom. The fraction of sp³-hybridized carbons (Fsp3) is 0.211. The van der Waals surface area contributed by atoms with E-state index in [0.717, 1.165) is 16.5 Å². The largest absolute Gasteiger partial charge is 0.334 e. The first-order valence-corrected chi connectivity index (χ1v) is 8.24. The van der Waals surface area contributed by atoms with Crippen molar-refractivity contribution >= 4 is 33.2 Å². The lowest BCUT2D eigenvalue weighted by Gasteiger charge is -2.22. The maximum absolute atomic E-state index is 4.75. The summed E-state index contributed by atoms with van der Waals surface area (Å²) in [7, 11) is 0. The highest BCUT2D eigenvalue weighted by Crippen LogP contribution is 2.42. The Kier molecular flexibility index (Phi) is 4.08. The van der Waals surface area contributed by atoms with Crippen molar-refractivity contribution in [2.75, 3.05) is 5.32 Å². The van der Waals surface area contributed by atoms with Crippen LogP contribution in [0.3, 0.4) is 0 Å². The van der Waals surface area contributed by atoms with Gasteiger partial charge in [0.15, 0.2) is 5.17 Å². The summed E-state index contributed by atoms with van der Waals surface area (Å²) < 4.78 is 0. The smallest absolute Gasteiger partial charge is 0.171 e. The molecule has 0 fully saturated rings. The molecule has 0 spiro atoms. The van der Waals surface area contributed by atoms with E-state index in [1.165, 1.54) is 10.5 Å². The van der Waals surface area contributed by atoms with Gasteiger partial charge in [0, 0.05) is 16.2 Å². The first-order chi connectivity index (χ1) is 10.5. The van der Waals surface area contributed by atoms with Gasteiger partial charge in [-0.25, -0.2) is 4.99 Å². The van der Waals surface area contributed by atoms with E-state index in [1.807, 2.05) is 24.3 Å². The Labute approximate surface area is 136 Å². The summed E-state index contributed by atoms with van der Waals surface area (Å²) >= 11 is 1.70. The van der Waals surface area contributed by atoms with Crippen molar-refractivity contribution in [3.8, 4) is 0 Å². The lowest BCUT2D eigenvalue weighted by Crippen LogP contribution is -2.11. The van der Waals surface area contributed by atoms with Crippen LogP contribution in [0.15, 0.2) is 65.7 Å². The summed E-state index contributed by atoms with van der Waals surface area (Å²) in [4.78, 5) is 6.01. The molecule has 0 saturated heterocycles. The zero-order valence-electron chi connectivity index (χ0n) is 13.1. The summed E-state index contributed by atoms with van der Waals surface area (Å²) in [6.07, 6.45) is 2.32. The molecule has 0 radical (unpaired) electrons. The third kappa shape index (κ3) is 3.60. The van der Waals surface area contributed by atoms with Gasteiger partial charge >= 0.3 is 0 Å². The molecule has 0 amide bonds. The van der Waals surface area contributed by atoms with E-state index in [0.29, 0.717) is 0 Å². The van der Waals surface area contributed by atoms with E-state index in [4.69, 9.17) is 4.99 Å². The number of benzene rings is 2. The number of anilines is 1. The molecule has 2 aromatic carbocycles. The maximum Gasteiger partial charge on any atom is 0.171 e. The number of amidine groups is 1. The van der Waals surface area contributed by atoms with Crippen LogP contribution in [0.5, 0.6) is 0 Å². The van der Waals surface area contributed by atoms with Gasteiger partial charge in [-0.05, 0) is 23.6 Å². The van der Waals surface area contributed by atoms with Crippen LogP contribution in [0, 0.1) is 5.41 Å². The lowest BCUT2D eigenvalue weighted by atomic mass is 9.95. The van der Waals surface area contributed by atoms with Gasteiger partial charge in [0.1, 0.15) is 0 Å². The zero-order valence-corrected chi connectivity index (χ0v) is 13.9. The number of thioether (sulfide) groups is 1. The van der Waals surface area contributed by atoms with E-state index < -0.39 is 0 Å². The molecule has 1 aliphatic rings. The number of aliphatic imine (C=N–C) groups is 1. The standard InChI is InChI=1S/C19H20N2S/c1-19(2,3)13-17-15-11-7-8-12-16(15)21-18(22-17)20-14-9-5-4-6-10-14/h4-13H,1-3H3,(H,20,21)/b17-13+. The third-order valence-corrected chi connectivity index (χ3v) is 4.13. The quantitative estimate of drug-likeness (QED) is 0.707. The molecule has 0 aliphatic carbocycles. The van der Waals surface area contributed by atoms with Gasteiger partial charge in [-0.3, -0.25) is 0 Å². The van der Waals surface area contributed by atoms with Crippen LogP contribution in [0.2, 0.25) is 0 Å². The highest BCUT2D eigenvalue weighted by atomic mass is 32.2. The van der Waals surface area contributed by atoms with Gasteiger partial charge in [-0.2, -0.15) is 0 Å². The van der Waals surface area contributed by atoms with E-state index in [2.05, 4.69) is 62.5 Å². The van der Waals surface area contributed by atoms with Crippen LogP contribution in [-0.2, 0) is 0 Å². The van der Waals surface area contributed by atoms with Crippen molar-refractivity contribution in [3.63, 3.8) is 0 Å². The maximum atomic E-state index is 4.75. The molecule has 1 N–H and O–H groups in total. The van der Waals surface area contributed by atoms with Crippen molar-refractivity contribution in [1.82, 2.24) is 0 Å². The van der Waals surface area contributed by atoms with Crippen molar-refractivity contribution < 1.29 is 0 Å². The second-order valence-corrected chi connectivity index (χ2v) is 7.43. The number of allylic oxidation sites excluding steroid dienone is 1. The molecule has 0 unspecified atom stereocenters. The number of nitrogens with one attached hydrogen (secondary N) is 1. The topological polar surface area (TPSA) is 24.4 Å². The Bertz CT molecular complexity index is 725. The Balaban J connectivity index is 1.97. The predicted molar refractivity (Wildman–Crippen MR) is 98.6 cm³/mol. The number of para-hydroxylation sites is 2. The summed E-state index contributed by atoms with van der Waals surface area (Å²) in [6, 6.07) is 18.5. The van der Waals surface area contributed by atoms with E-state index >= 15 is 0 Å². The zero-order chi connectivity index (χ0) is 15.6. The summed E-state index contributed by atoms with van der Waals surface area (Å²) in [5.74, 6) is 0. The molecule has 3 heteroatoms. The van der Waals surface area contributed by atoms with Crippen molar-refractivity contribution in [3.05, 3.63) is 66.2 Å². The van der Waals surface area contributed by atoms with E-state index in [1.54, 1.807) is 11.8 Å². The normalized spacial score (nSPS) is 16.1. The van der Waals surface area contributed by atoms with Crippen LogP contribution in [-0.4, -0.2) is 5.17 Å². The third-order valence-electron chi connectivity index (χ3n) is 3.19. The van der Waals surface area contributed by atoms with Gasteiger partial charge in [0.05, 0.1) is 5.69 Å². The second-order valence-electron chi connectivity index (χ2n) is 6.40. The van der Waals surface area contributed by atoms with Crippen molar-refractivity contribution in [2.45, 2.75) is 20.8 Å². The first kappa shape index (κ1) is 14.9. The molecule has 3 rings (SSSR count). The van der Waals surface area contributed by atoms with E-state index in [9.17, 15) is 0 Å². The Morgan fingerprint density at radius 3 is 2.36 bits per heavy atom. The first-order valence-electron chi connectivity index (χ1n) is 7.42. The molecule has 2 aromatic rings. The number of fused-ring (bicyclic) bond motifs is 1. The Hall–Kier alpha value is -2.00. The van der Waals surface area contributed by atoms with E-state index in [-0.39, 0.29) is 5.41 Å². The van der Waals surface area contributed by atoms with Crippen molar-refractivity contribution in [2.24, 2.45) is 10.4 Å². The fourth-order valence-corrected chi connectivity index (χ4v) is 3.49. The molecule has 0 bridgehead atoms. The van der Waals surface area contributed by atoms with Gasteiger partial charge in [0.2, 0.25) is 0 Å². The molecule has 0 aromatic heterocycles. The minimum absolute atomic E-state index is 0.130. The highest BCUT2D eigenvalue weighted by Gasteiger charge is 2.20. The molecule has 0 saturated carbocycles. The minimum atomic E-state index is 0.130. The van der Waals surface area contributed by atoms with Gasteiger partial charge < -0.3 is 5.32 Å². The number of hydrogen-bond donors (Lipinski definition) is 1. The monoisotopic (exact) mass is 308 g/mol. The molecule has 0 atom stereocenters. The SMILES string of the molecule is CC(C)(C)/C=C1/SC(Nc2ccccc2)=Nc2ccccc21. The number of hydrogen-bond acceptors (Lipinski definition) is 3. The van der Waals surface area contributed by atoms with Gasteiger partial charge in [0.25, 0.3) is 0 Å².